The van der Waals surface area contributed by atoms with Crippen molar-refractivity contribution in [1.29, 1.82) is 5.26 Å². The van der Waals surface area contributed by atoms with Crippen LogP contribution in [0.4, 0.5) is 0 Å². The lowest BCUT2D eigenvalue weighted by atomic mass is 9.85. The maximum Gasteiger partial charge on any atom is 0.258 e. The van der Waals surface area contributed by atoms with Gasteiger partial charge in [-0.25, -0.2) is 0 Å². The number of carbonyl (C=O) groups excluding carboxylic acids is 1. The number of hydrogen-bond acceptors (Lipinski definition) is 4. The van der Waals surface area contributed by atoms with E-state index in [0.717, 1.165) is 5.56 Å². The summed E-state index contributed by atoms with van der Waals surface area (Å²) in [5.74, 6) is -0.234. The summed E-state index contributed by atoms with van der Waals surface area (Å²) in [6.45, 7) is 11.3. The van der Waals surface area contributed by atoms with Crippen LogP contribution >= 0.6 is 23.2 Å². The Morgan fingerprint density at radius 2 is 1.77 bits per heavy atom. The van der Waals surface area contributed by atoms with Crippen LogP contribution < -0.4 is 0 Å². The third kappa shape index (κ3) is 4.63. The highest BCUT2D eigenvalue weighted by Gasteiger charge is 2.59. The van der Waals surface area contributed by atoms with Crippen LogP contribution in [0.1, 0.15) is 43.9 Å². The first-order valence-electron chi connectivity index (χ1n) is 11.7. The van der Waals surface area contributed by atoms with Gasteiger partial charge < -0.3 is 14.4 Å². The van der Waals surface area contributed by atoms with Crippen LogP contribution in [0.3, 0.4) is 0 Å². The molecule has 2 aromatic carbocycles. The molecule has 2 heterocycles. The van der Waals surface area contributed by atoms with E-state index in [0.29, 0.717) is 40.6 Å². The number of benzene rings is 2. The fourth-order valence-corrected chi connectivity index (χ4v) is 6.69. The molecule has 0 aromatic heterocycles. The quantitative estimate of drug-likeness (QED) is 0.435. The summed E-state index contributed by atoms with van der Waals surface area (Å²) in [5, 5.41) is 21.7. The molecule has 1 fully saturated rings. The number of rotatable bonds is 5. The largest absolute Gasteiger partial charge is 0.509 e. The predicted molar refractivity (Wildman–Crippen MR) is 142 cm³/mol. The number of carbonyl (C=O) groups is 1. The number of aliphatic hydroxyl groups excluding tert-OH is 1. The molecule has 184 valence electrons. The van der Waals surface area contributed by atoms with Crippen molar-refractivity contribution >= 4 is 43.0 Å². The van der Waals surface area contributed by atoms with Gasteiger partial charge in [0.25, 0.3) is 5.91 Å². The Kier molecular flexibility index (Phi) is 6.61. The molecule has 1 N–H and O–H groups in total. The standard InChI is InChI=1S/C27H30Cl2N2O3Si/c1-26(2,3)35(4,5)34-22-14-27(13-17-6-8-18(15-30)9-7-17)24(32)23(25(33)31(27)16-22)19-10-20(28)12-21(29)11-19/h6-12,22,32H,13-14,16H2,1-5H3/t22-,27?/m1/s1. The summed E-state index contributed by atoms with van der Waals surface area (Å²) >= 11 is 12.4. The molecule has 0 spiro atoms. The van der Waals surface area contributed by atoms with Crippen molar-refractivity contribution in [3.05, 3.63) is 75.0 Å². The Hall–Kier alpha value is -2.30. The first kappa shape index (κ1) is 25.8. The normalized spacial score (nSPS) is 22.5. The van der Waals surface area contributed by atoms with Crippen LogP contribution in [-0.4, -0.2) is 42.4 Å². The summed E-state index contributed by atoms with van der Waals surface area (Å²) in [6, 6.07) is 14.3. The first-order chi connectivity index (χ1) is 16.3. The Morgan fingerprint density at radius 3 is 2.31 bits per heavy atom. The average molecular weight is 530 g/mol. The SMILES string of the molecule is CC(C)(C)[Si](C)(C)O[C@H]1CN2C(=O)C(c3cc(Cl)cc(Cl)c3)=C(O)C2(Cc2ccc(C#N)cc2)C1. The van der Waals surface area contributed by atoms with Gasteiger partial charge in [0.05, 0.1) is 23.3 Å². The van der Waals surface area contributed by atoms with Gasteiger partial charge in [-0.05, 0) is 59.6 Å². The highest BCUT2D eigenvalue weighted by molar-refractivity contribution is 6.74. The molecule has 8 heteroatoms. The smallest absolute Gasteiger partial charge is 0.258 e. The maximum atomic E-state index is 13.8. The molecule has 2 atom stereocenters. The predicted octanol–water partition coefficient (Wildman–Crippen LogP) is 6.75. The molecular formula is C27H30Cl2N2O3Si. The second-order valence-corrected chi connectivity index (χ2v) is 16.6. The molecule has 4 rings (SSSR count). The highest BCUT2D eigenvalue weighted by Crippen LogP contribution is 2.50. The fraction of sp³-hybridized carbons (Fsp3) is 0.407. The fourth-order valence-electron chi connectivity index (χ4n) is 4.82. The molecule has 1 saturated heterocycles. The third-order valence-electron chi connectivity index (χ3n) is 7.60. The molecule has 35 heavy (non-hydrogen) atoms. The minimum atomic E-state index is -2.10. The Labute approximate surface area is 218 Å². The Morgan fingerprint density at radius 1 is 1.17 bits per heavy atom. The molecule has 0 saturated carbocycles. The molecule has 0 bridgehead atoms. The van der Waals surface area contributed by atoms with Gasteiger partial charge in [0, 0.05) is 29.4 Å². The second kappa shape index (κ2) is 8.97. The van der Waals surface area contributed by atoms with E-state index in [1.165, 1.54) is 0 Å². The van der Waals surface area contributed by atoms with Gasteiger partial charge in [0.2, 0.25) is 0 Å². The van der Waals surface area contributed by atoms with E-state index >= 15 is 0 Å². The van der Waals surface area contributed by atoms with Gasteiger partial charge in [0.15, 0.2) is 8.32 Å². The van der Waals surface area contributed by atoms with E-state index in [4.69, 9.17) is 32.9 Å². The van der Waals surface area contributed by atoms with Crippen molar-refractivity contribution in [2.24, 2.45) is 0 Å². The van der Waals surface area contributed by atoms with Crippen molar-refractivity contribution in [1.82, 2.24) is 4.90 Å². The minimum Gasteiger partial charge on any atom is -0.509 e. The highest BCUT2D eigenvalue weighted by atomic mass is 35.5. The minimum absolute atomic E-state index is 0.0188. The Bertz CT molecular complexity index is 1220. The van der Waals surface area contributed by atoms with Crippen LogP contribution in [0.15, 0.2) is 48.2 Å². The summed E-state index contributed by atoms with van der Waals surface area (Å²) < 4.78 is 6.70. The van der Waals surface area contributed by atoms with Crippen LogP contribution in [0.2, 0.25) is 28.2 Å². The van der Waals surface area contributed by atoms with E-state index in [9.17, 15) is 9.90 Å². The molecule has 2 aromatic rings. The number of aliphatic hydroxyl groups is 1. The van der Waals surface area contributed by atoms with Gasteiger partial charge in [0.1, 0.15) is 11.3 Å². The van der Waals surface area contributed by atoms with Crippen molar-refractivity contribution in [3.8, 4) is 6.07 Å². The third-order valence-corrected chi connectivity index (χ3v) is 12.6. The van der Waals surface area contributed by atoms with Crippen LogP contribution in [0.5, 0.6) is 0 Å². The first-order valence-corrected chi connectivity index (χ1v) is 15.3. The van der Waals surface area contributed by atoms with Gasteiger partial charge in [-0.1, -0.05) is 56.1 Å². The topological polar surface area (TPSA) is 73.6 Å². The number of amides is 1. The van der Waals surface area contributed by atoms with E-state index in [-0.39, 0.29) is 28.4 Å². The van der Waals surface area contributed by atoms with Gasteiger partial charge >= 0.3 is 0 Å². The van der Waals surface area contributed by atoms with Crippen molar-refractivity contribution in [3.63, 3.8) is 0 Å². The van der Waals surface area contributed by atoms with E-state index < -0.39 is 13.9 Å². The lowest BCUT2D eigenvalue weighted by Gasteiger charge is -2.38. The molecule has 2 aliphatic heterocycles. The number of fused-ring (bicyclic) bond motifs is 1. The lowest BCUT2D eigenvalue weighted by Crippen LogP contribution is -2.45. The number of halogens is 2. The number of hydrogen-bond donors (Lipinski definition) is 1. The summed E-state index contributed by atoms with van der Waals surface area (Å²) in [5.41, 5.74) is 1.27. The van der Waals surface area contributed by atoms with Crippen molar-refractivity contribution in [2.75, 3.05) is 6.54 Å². The van der Waals surface area contributed by atoms with E-state index in [1.807, 2.05) is 12.1 Å². The van der Waals surface area contributed by atoms with E-state index in [1.54, 1.807) is 35.2 Å². The van der Waals surface area contributed by atoms with Gasteiger partial charge in [-0.3, -0.25) is 4.79 Å². The van der Waals surface area contributed by atoms with Gasteiger partial charge in [-0.2, -0.15) is 5.26 Å². The lowest BCUT2D eigenvalue weighted by molar-refractivity contribution is -0.126. The number of nitrogens with zero attached hydrogens (tertiary/aromatic N) is 2. The molecule has 1 amide bonds. The average Bonchev–Trinajstić information content (AvgIpc) is 3.19. The number of nitriles is 1. The summed E-state index contributed by atoms with van der Waals surface area (Å²) in [6.07, 6.45) is 0.699. The zero-order chi connectivity index (χ0) is 25.8. The van der Waals surface area contributed by atoms with Crippen LogP contribution in [-0.2, 0) is 15.6 Å². The summed E-state index contributed by atoms with van der Waals surface area (Å²) in [4.78, 5) is 15.5. The molecule has 0 aliphatic carbocycles. The maximum absolute atomic E-state index is 13.8. The van der Waals surface area contributed by atoms with Crippen molar-refractivity contribution in [2.45, 2.75) is 63.4 Å². The van der Waals surface area contributed by atoms with Crippen molar-refractivity contribution < 1.29 is 14.3 Å². The van der Waals surface area contributed by atoms with E-state index in [2.05, 4.69) is 39.9 Å². The van der Waals surface area contributed by atoms with Gasteiger partial charge in [-0.15, -0.1) is 0 Å². The van der Waals surface area contributed by atoms with Crippen LogP contribution in [0, 0.1) is 11.3 Å². The molecule has 0 radical (unpaired) electrons. The summed E-state index contributed by atoms with van der Waals surface area (Å²) in [7, 11) is -2.10. The second-order valence-electron chi connectivity index (χ2n) is 11.0. The monoisotopic (exact) mass is 528 g/mol. The Balaban J connectivity index is 1.78. The molecule has 2 aliphatic rings. The molecular weight excluding hydrogens is 499 g/mol. The molecule has 5 nitrogen and oxygen atoms in total. The zero-order valence-corrected chi connectivity index (χ0v) is 23.2. The molecule has 1 unspecified atom stereocenters. The zero-order valence-electron chi connectivity index (χ0n) is 20.7. The van der Waals surface area contributed by atoms with Crippen LogP contribution in [0.25, 0.3) is 5.57 Å².